The number of anilines is 1. The standard InChI is InChI=1S/C28H37N3O3/c1-28(2,3)21-6-8-22(9-7-21)30-25-15-17-4-5-18(12-20(17)16-29-25)26(32)31-23-10-11-24(31)14-19(13-23)27(33)34/h4-5,12,15-16,19,21-24H,6-11,13-14H2,1-3H3,(H,29,30)(H,33,34)/t19?,21-,22-,23?,24?. The maximum Gasteiger partial charge on any atom is 0.306 e. The van der Waals surface area contributed by atoms with E-state index in [1.807, 2.05) is 29.3 Å². The molecule has 3 fully saturated rings. The Hall–Kier alpha value is -2.63. The van der Waals surface area contributed by atoms with Crippen molar-refractivity contribution in [3.63, 3.8) is 0 Å². The van der Waals surface area contributed by atoms with Crippen LogP contribution in [0.4, 0.5) is 5.82 Å². The summed E-state index contributed by atoms with van der Waals surface area (Å²) in [6, 6.07) is 8.49. The molecule has 2 aliphatic heterocycles. The van der Waals surface area contributed by atoms with Gasteiger partial charge < -0.3 is 15.3 Å². The normalized spacial score (nSPS) is 29.3. The van der Waals surface area contributed by atoms with Crippen LogP contribution in [-0.4, -0.2) is 45.0 Å². The van der Waals surface area contributed by atoms with Crippen LogP contribution in [0.5, 0.6) is 0 Å². The molecule has 182 valence electrons. The van der Waals surface area contributed by atoms with Crippen molar-refractivity contribution in [2.24, 2.45) is 17.3 Å². The van der Waals surface area contributed by atoms with E-state index in [0.29, 0.717) is 29.9 Å². The first-order chi connectivity index (χ1) is 16.2. The molecule has 3 aliphatic rings. The number of hydrogen-bond donors (Lipinski definition) is 2. The van der Waals surface area contributed by atoms with Crippen molar-refractivity contribution in [1.29, 1.82) is 0 Å². The van der Waals surface area contributed by atoms with E-state index in [2.05, 4.69) is 37.1 Å². The third kappa shape index (κ3) is 4.51. The number of amides is 1. The van der Waals surface area contributed by atoms with Gasteiger partial charge in [0, 0.05) is 35.3 Å². The summed E-state index contributed by atoms with van der Waals surface area (Å²) in [6.45, 7) is 7.04. The lowest BCUT2D eigenvalue weighted by Gasteiger charge is -2.37. The lowest BCUT2D eigenvalue weighted by atomic mass is 9.71. The predicted octanol–water partition coefficient (Wildman–Crippen LogP) is 5.72. The monoisotopic (exact) mass is 463 g/mol. The second-order valence-corrected chi connectivity index (χ2v) is 11.8. The molecular formula is C28H37N3O3. The van der Waals surface area contributed by atoms with Gasteiger partial charge in [-0.15, -0.1) is 0 Å². The molecule has 2 N–H and O–H groups in total. The number of piperidine rings is 1. The maximum atomic E-state index is 13.4. The summed E-state index contributed by atoms with van der Waals surface area (Å²) in [5.41, 5.74) is 1.05. The molecule has 5 rings (SSSR count). The number of fused-ring (bicyclic) bond motifs is 3. The molecule has 6 nitrogen and oxygen atoms in total. The van der Waals surface area contributed by atoms with E-state index in [4.69, 9.17) is 0 Å². The maximum absolute atomic E-state index is 13.4. The summed E-state index contributed by atoms with van der Waals surface area (Å²) in [4.78, 5) is 31.4. The van der Waals surface area contributed by atoms with Crippen LogP contribution in [0.15, 0.2) is 30.5 Å². The van der Waals surface area contributed by atoms with E-state index in [1.165, 1.54) is 25.7 Å². The molecule has 6 heteroatoms. The summed E-state index contributed by atoms with van der Waals surface area (Å²) in [5, 5.41) is 15.1. The van der Waals surface area contributed by atoms with Gasteiger partial charge in [-0.1, -0.05) is 26.8 Å². The largest absolute Gasteiger partial charge is 0.481 e. The smallest absolute Gasteiger partial charge is 0.306 e. The molecule has 1 amide bonds. The second kappa shape index (κ2) is 8.86. The van der Waals surface area contributed by atoms with Crippen molar-refractivity contribution in [1.82, 2.24) is 9.88 Å². The minimum absolute atomic E-state index is 0.0241. The van der Waals surface area contributed by atoms with Gasteiger partial charge in [0.25, 0.3) is 5.91 Å². The Kier molecular flexibility index (Phi) is 6.03. The zero-order valence-electron chi connectivity index (χ0n) is 20.6. The number of carboxylic acids is 1. The molecule has 2 saturated heterocycles. The highest BCUT2D eigenvalue weighted by molar-refractivity contribution is 5.99. The topological polar surface area (TPSA) is 82.5 Å². The van der Waals surface area contributed by atoms with Crippen LogP contribution in [0.25, 0.3) is 10.8 Å². The fourth-order valence-electron chi connectivity index (χ4n) is 6.53. The van der Waals surface area contributed by atoms with Gasteiger partial charge in [-0.3, -0.25) is 9.59 Å². The Bertz CT molecular complexity index is 1070. The molecule has 1 aromatic heterocycles. The van der Waals surface area contributed by atoms with Gasteiger partial charge in [-0.2, -0.15) is 0 Å². The number of carboxylic acid groups (broad SMARTS) is 1. The number of nitrogens with one attached hydrogen (secondary N) is 1. The van der Waals surface area contributed by atoms with Gasteiger partial charge >= 0.3 is 5.97 Å². The zero-order chi connectivity index (χ0) is 24.0. The second-order valence-electron chi connectivity index (χ2n) is 11.8. The first kappa shape index (κ1) is 23.1. The van der Waals surface area contributed by atoms with Gasteiger partial charge in [-0.25, -0.2) is 4.98 Å². The van der Waals surface area contributed by atoms with E-state index in [0.717, 1.165) is 35.3 Å². The van der Waals surface area contributed by atoms with Crippen molar-refractivity contribution in [3.05, 3.63) is 36.0 Å². The number of aromatic nitrogens is 1. The fraction of sp³-hybridized carbons (Fsp3) is 0.607. The van der Waals surface area contributed by atoms with E-state index in [9.17, 15) is 14.7 Å². The Morgan fingerprint density at radius 3 is 2.26 bits per heavy atom. The first-order valence-corrected chi connectivity index (χ1v) is 12.9. The van der Waals surface area contributed by atoms with Crippen molar-refractivity contribution >= 4 is 28.5 Å². The summed E-state index contributed by atoms with van der Waals surface area (Å²) >= 11 is 0. The van der Waals surface area contributed by atoms with E-state index in [1.54, 1.807) is 0 Å². The average Bonchev–Trinajstić information content (AvgIpc) is 3.06. The number of nitrogens with zero attached hydrogens (tertiary/aromatic N) is 2. The summed E-state index contributed by atoms with van der Waals surface area (Å²) in [6.07, 6.45) is 9.67. The van der Waals surface area contributed by atoms with Gasteiger partial charge in [0.1, 0.15) is 5.82 Å². The molecule has 2 aromatic rings. The predicted molar refractivity (Wildman–Crippen MR) is 134 cm³/mol. The van der Waals surface area contributed by atoms with Gasteiger partial charge in [0.15, 0.2) is 0 Å². The van der Waals surface area contributed by atoms with Gasteiger partial charge in [-0.05, 0) is 86.3 Å². The average molecular weight is 464 g/mol. The van der Waals surface area contributed by atoms with Crippen molar-refractivity contribution in [2.75, 3.05) is 5.32 Å². The zero-order valence-corrected chi connectivity index (χ0v) is 20.6. The number of aliphatic carboxylic acids is 1. The Balaban J connectivity index is 1.26. The third-order valence-corrected chi connectivity index (χ3v) is 8.59. The highest BCUT2D eigenvalue weighted by atomic mass is 16.4. The summed E-state index contributed by atoms with van der Waals surface area (Å²) in [5.74, 6) is 0.663. The molecule has 1 aromatic carbocycles. The Morgan fingerprint density at radius 2 is 1.65 bits per heavy atom. The van der Waals surface area contributed by atoms with Gasteiger partial charge in [0.05, 0.1) is 5.92 Å². The number of benzene rings is 1. The van der Waals surface area contributed by atoms with E-state index >= 15 is 0 Å². The van der Waals surface area contributed by atoms with Crippen LogP contribution < -0.4 is 5.32 Å². The minimum atomic E-state index is -0.729. The highest BCUT2D eigenvalue weighted by Crippen LogP contribution is 2.40. The van der Waals surface area contributed by atoms with Crippen LogP contribution in [0, 0.1) is 17.3 Å². The van der Waals surface area contributed by atoms with E-state index < -0.39 is 5.97 Å². The Labute approximate surface area is 202 Å². The van der Waals surface area contributed by atoms with Crippen LogP contribution in [0.1, 0.15) is 82.5 Å². The van der Waals surface area contributed by atoms with Crippen LogP contribution >= 0.6 is 0 Å². The van der Waals surface area contributed by atoms with Crippen LogP contribution in [0.3, 0.4) is 0 Å². The SMILES string of the molecule is CC(C)(C)[C@H]1CC[C@H](Nc2cc3ccc(C(=O)N4C5CCC4CC(C(=O)O)C5)cc3cn2)CC1. The lowest BCUT2D eigenvalue weighted by Crippen LogP contribution is -2.47. The highest BCUT2D eigenvalue weighted by Gasteiger charge is 2.45. The number of hydrogen-bond acceptors (Lipinski definition) is 4. The fourth-order valence-corrected chi connectivity index (χ4v) is 6.53. The molecule has 2 atom stereocenters. The van der Waals surface area contributed by atoms with Crippen molar-refractivity contribution in [2.45, 2.75) is 90.3 Å². The molecular weight excluding hydrogens is 426 g/mol. The number of pyridine rings is 1. The van der Waals surface area contributed by atoms with E-state index in [-0.39, 0.29) is 23.9 Å². The molecule has 34 heavy (non-hydrogen) atoms. The Morgan fingerprint density at radius 1 is 0.971 bits per heavy atom. The van der Waals surface area contributed by atoms with Crippen molar-refractivity contribution < 1.29 is 14.7 Å². The number of rotatable bonds is 4. The molecule has 0 radical (unpaired) electrons. The summed E-state index contributed by atoms with van der Waals surface area (Å²) in [7, 11) is 0. The first-order valence-electron chi connectivity index (χ1n) is 12.9. The molecule has 2 bridgehead atoms. The van der Waals surface area contributed by atoms with Crippen LogP contribution in [-0.2, 0) is 4.79 Å². The quantitative estimate of drug-likeness (QED) is 0.606. The molecule has 1 saturated carbocycles. The molecule has 2 unspecified atom stereocenters. The number of carbonyl (C=O) groups is 2. The minimum Gasteiger partial charge on any atom is -0.481 e. The third-order valence-electron chi connectivity index (χ3n) is 8.59. The molecule has 3 heterocycles. The van der Waals surface area contributed by atoms with Crippen molar-refractivity contribution in [3.8, 4) is 0 Å². The molecule has 0 spiro atoms. The van der Waals surface area contributed by atoms with Crippen LogP contribution in [0.2, 0.25) is 0 Å². The lowest BCUT2D eigenvalue weighted by molar-refractivity contribution is -0.144. The van der Waals surface area contributed by atoms with Gasteiger partial charge in [0.2, 0.25) is 0 Å². The summed E-state index contributed by atoms with van der Waals surface area (Å²) < 4.78 is 0. The molecule has 1 aliphatic carbocycles. The number of carbonyl (C=O) groups excluding carboxylic acids is 1.